The zero-order chi connectivity index (χ0) is 13.0. The van der Waals surface area contributed by atoms with Gasteiger partial charge < -0.3 is 5.32 Å². The minimum Gasteiger partial charge on any atom is -0.310 e. The molecule has 1 N–H and O–H groups in total. The number of nitrogens with zero attached hydrogens (tertiary/aromatic N) is 1. The largest absolute Gasteiger partial charge is 0.310 e. The maximum Gasteiger partial charge on any atom is 0.0983 e. The molecule has 2 nitrogen and oxygen atoms in total. The van der Waals surface area contributed by atoms with E-state index in [-0.39, 0.29) is 0 Å². The number of hydrogen-bond donors (Lipinski definition) is 1. The van der Waals surface area contributed by atoms with Crippen molar-refractivity contribution in [3.63, 3.8) is 0 Å². The van der Waals surface area contributed by atoms with Crippen molar-refractivity contribution < 1.29 is 0 Å². The monoisotopic (exact) mass is 280 g/mol. The van der Waals surface area contributed by atoms with E-state index >= 15 is 0 Å². The number of aryl methyl sites for hydroxylation is 1. The van der Waals surface area contributed by atoms with Crippen LogP contribution in [0.1, 0.15) is 41.2 Å². The van der Waals surface area contributed by atoms with Crippen LogP contribution in [0.15, 0.2) is 17.5 Å². The molecule has 2 aromatic rings. The molecule has 0 aromatic carbocycles. The number of aromatic nitrogens is 1. The van der Waals surface area contributed by atoms with Crippen molar-refractivity contribution in [1.29, 1.82) is 0 Å². The Hall–Kier alpha value is -0.710. The lowest BCUT2D eigenvalue weighted by molar-refractivity contribution is 0.590. The average molecular weight is 280 g/mol. The van der Waals surface area contributed by atoms with E-state index in [4.69, 9.17) is 4.98 Å². The van der Waals surface area contributed by atoms with Crippen molar-refractivity contribution in [3.05, 3.63) is 38.0 Å². The van der Waals surface area contributed by atoms with E-state index in [1.54, 1.807) is 0 Å². The van der Waals surface area contributed by atoms with Gasteiger partial charge in [0.15, 0.2) is 0 Å². The summed E-state index contributed by atoms with van der Waals surface area (Å²) in [5.74, 6) is 0. The van der Waals surface area contributed by atoms with Gasteiger partial charge in [0.1, 0.15) is 0 Å². The molecule has 0 unspecified atom stereocenters. The second kappa shape index (κ2) is 6.45. The third kappa shape index (κ3) is 3.64. The fraction of sp³-hybridized carbons (Fsp3) is 0.500. The zero-order valence-electron chi connectivity index (χ0n) is 11.2. The lowest BCUT2D eigenvalue weighted by atomic mass is 10.3. The summed E-state index contributed by atoms with van der Waals surface area (Å²) < 4.78 is 0. The highest BCUT2D eigenvalue weighted by Crippen LogP contribution is 2.23. The Morgan fingerprint density at radius 3 is 2.83 bits per heavy atom. The van der Waals surface area contributed by atoms with Crippen LogP contribution in [0.3, 0.4) is 0 Å². The summed E-state index contributed by atoms with van der Waals surface area (Å²) in [5, 5.41) is 6.86. The number of rotatable bonds is 6. The van der Waals surface area contributed by atoms with Gasteiger partial charge in [0.25, 0.3) is 0 Å². The molecule has 0 atom stereocenters. The highest BCUT2D eigenvalue weighted by Gasteiger charge is 2.10. The van der Waals surface area contributed by atoms with Gasteiger partial charge in [0.2, 0.25) is 0 Å². The van der Waals surface area contributed by atoms with Gasteiger partial charge in [-0.15, -0.1) is 22.7 Å². The summed E-state index contributed by atoms with van der Waals surface area (Å²) in [6.07, 6.45) is 2.01. The topological polar surface area (TPSA) is 24.9 Å². The van der Waals surface area contributed by atoms with Gasteiger partial charge in [-0.2, -0.15) is 0 Å². The first-order valence-electron chi connectivity index (χ1n) is 6.42. The standard InChI is InChI=1S/C14H20N2S2/c1-4-12-13(9-15-10(2)3)18-14(16-12)8-11-6-5-7-17-11/h5-7,10,15H,4,8-9H2,1-3H3. The smallest absolute Gasteiger partial charge is 0.0983 e. The van der Waals surface area contributed by atoms with Gasteiger partial charge in [-0.05, 0) is 17.9 Å². The van der Waals surface area contributed by atoms with Gasteiger partial charge in [-0.25, -0.2) is 4.98 Å². The quantitative estimate of drug-likeness (QED) is 0.869. The molecule has 0 bridgehead atoms. The van der Waals surface area contributed by atoms with Crippen LogP contribution in [0, 0.1) is 0 Å². The molecular weight excluding hydrogens is 260 g/mol. The normalized spacial score (nSPS) is 11.3. The maximum absolute atomic E-state index is 4.77. The molecule has 98 valence electrons. The minimum atomic E-state index is 0.526. The summed E-state index contributed by atoms with van der Waals surface area (Å²) in [6.45, 7) is 7.49. The van der Waals surface area contributed by atoms with Gasteiger partial charge in [-0.3, -0.25) is 0 Å². The molecule has 18 heavy (non-hydrogen) atoms. The number of nitrogens with one attached hydrogen (secondary N) is 1. The van der Waals surface area contributed by atoms with E-state index in [0.717, 1.165) is 19.4 Å². The predicted octanol–water partition coefficient (Wildman–Crippen LogP) is 3.86. The van der Waals surface area contributed by atoms with E-state index in [2.05, 4.69) is 43.6 Å². The summed E-state index contributed by atoms with van der Waals surface area (Å²) in [6, 6.07) is 4.82. The van der Waals surface area contributed by atoms with Crippen LogP contribution < -0.4 is 5.32 Å². The highest BCUT2D eigenvalue weighted by molar-refractivity contribution is 7.12. The van der Waals surface area contributed by atoms with Gasteiger partial charge in [0, 0.05) is 28.8 Å². The molecule has 0 radical (unpaired) electrons. The summed E-state index contributed by atoms with van der Waals surface area (Å²) in [5.41, 5.74) is 1.26. The van der Waals surface area contributed by atoms with E-state index in [0.29, 0.717) is 6.04 Å². The van der Waals surface area contributed by atoms with Crippen LogP contribution in [0.5, 0.6) is 0 Å². The maximum atomic E-state index is 4.77. The molecule has 0 fully saturated rings. The molecule has 0 aliphatic rings. The molecule has 2 heterocycles. The van der Waals surface area contributed by atoms with Gasteiger partial charge in [0.05, 0.1) is 10.7 Å². The summed E-state index contributed by atoms with van der Waals surface area (Å²) in [4.78, 5) is 7.57. The van der Waals surface area contributed by atoms with Crippen LogP contribution in [-0.4, -0.2) is 11.0 Å². The molecule has 0 aliphatic heterocycles. The molecule has 2 aromatic heterocycles. The summed E-state index contributed by atoms with van der Waals surface area (Å²) in [7, 11) is 0. The Balaban J connectivity index is 2.08. The van der Waals surface area contributed by atoms with Crippen LogP contribution in [0.2, 0.25) is 0 Å². The van der Waals surface area contributed by atoms with Crippen LogP contribution in [0.25, 0.3) is 0 Å². The first-order valence-corrected chi connectivity index (χ1v) is 8.12. The Labute approximate surface area is 117 Å². The Morgan fingerprint density at radius 1 is 1.39 bits per heavy atom. The van der Waals surface area contributed by atoms with Gasteiger partial charge in [-0.1, -0.05) is 26.8 Å². The number of thiazole rings is 1. The van der Waals surface area contributed by atoms with E-state index in [1.165, 1.54) is 20.5 Å². The first kappa shape index (κ1) is 13.7. The molecule has 4 heteroatoms. The van der Waals surface area contributed by atoms with Crippen molar-refractivity contribution in [2.24, 2.45) is 0 Å². The second-order valence-electron chi connectivity index (χ2n) is 4.62. The van der Waals surface area contributed by atoms with Crippen molar-refractivity contribution in [1.82, 2.24) is 10.3 Å². The van der Waals surface area contributed by atoms with E-state index in [9.17, 15) is 0 Å². The number of thiophene rings is 1. The average Bonchev–Trinajstić information content (AvgIpc) is 2.96. The van der Waals surface area contributed by atoms with E-state index < -0.39 is 0 Å². The third-order valence-corrected chi connectivity index (χ3v) is 4.71. The van der Waals surface area contributed by atoms with Crippen molar-refractivity contribution >= 4 is 22.7 Å². The SMILES string of the molecule is CCc1nc(Cc2cccs2)sc1CNC(C)C. The molecule has 0 spiro atoms. The fourth-order valence-corrected chi connectivity index (χ4v) is 3.72. The van der Waals surface area contributed by atoms with Gasteiger partial charge >= 0.3 is 0 Å². The Morgan fingerprint density at radius 2 is 2.22 bits per heavy atom. The van der Waals surface area contributed by atoms with Crippen LogP contribution >= 0.6 is 22.7 Å². The van der Waals surface area contributed by atoms with Crippen molar-refractivity contribution in [2.45, 2.75) is 46.2 Å². The molecule has 0 saturated carbocycles. The van der Waals surface area contributed by atoms with Crippen LogP contribution in [-0.2, 0) is 19.4 Å². The Kier molecular flexibility index (Phi) is 4.92. The lowest BCUT2D eigenvalue weighted by Gasteiger charge is -2.06. The third-order valence-electron chi connectivity index (χ3n) is 2.73. The lowest BCUT2D eigenvalue weighted by Crippen LogP contribution is -2.21. The Bertz CT molecular complexity index is 472. The number of hydrogen-bond acceptors (Lipinski definition) is 4. The summed E-state index contributed by atoms with van der Waals surface area (Å²) >= 11 is 3.67. The molecule has 0 aliphatic carbocycles. The highest BCUT2D eigenvalue weighted by atomic mass is 32.1. The first-order chi connectivity index (χ1) is 8.69. The second-order valence-corrected chi connectivity index (χ2v) is 6.82. The molecule has 2 rings (SSSR count). The fourth-order valence-electron chi connectivity index (χ4n) is 1.79. The van der Waals surface area contributed by atoms with Crippen LogP contribution in [0.4, 0.5) is 0 Å². The minimum absolute atomic E-state index is 0.526. The molecule has 0 amide bonds. The molecule has 0 saturated heterocycles. The zero-order valence-corrected chi connectivity index (χ0v) is 12.8. The predicted molar refractivity (Wildman–Crippen MR) is 80.6 cm³/mol. The van der Waals surface area contributed by atoms with E-state index in [1.807, 2.05) is 22.7 Å². The van der Waals surface area contributed by atoms with Crippen molar-refractivity contribution in [3.8, 4) is 0 Å². The molecular formula is C14H20N2S2. The van der Waals surface area contributed by atoms with Crippen molar-refractivity contribution in [2.75, 3.05) is 0 Å².